The standard InChI is InChI=1S/C14H28N4O/c1-6-8-18-13(12(15)10(2)17-18)16-11(7-9-19)14(3,4)5/h11,16,19H,6-9,15H2,1-5H3. The molecule has 5 heteroatoms. The number of nitrogens with one attached hydrogen (secondary N) is 1. The molecule has 0 spiro atoms. The van der Waals surface area contributed by atoms with Crippen LogP contribution in [0.5, 0.6) is 0 Å². The second kappa shape index (κ2) is 6.28. The molecule has 0 aliphatic carbocycles. The van der Waals surface area contributed by atoms with Crippen LogP contribution in [0.15, 0.2) is 0 Å². The van der Waals surface area contributed by atoms with Crippen LogP contribution in [0.3, 0.4) is 0 Å². The van der Waals surface area contributed by atoms with Crippen molar-refractivity contribution in [2.75, 3.05) is 17.7 Å². The van der Waals surface area contributed by atoms with E-state index < -0.39 is 0 Å². The zero-order chi connectivity index (χ0) is 14.6. The van der Waals surface area contributed by atoms with Crippen LogP contribution < -0.4 is 11.1 Å². The minimum atomic E-state index is 0.0460. The van der Waals surface area contributed by atoms with Crippen molar-refractivity contribution in [2.24, 2.45) is 5.41 Å². The molecule has 4 N–H and O–H groups in total. The van der Waals surface area contributed by atoms with E-state index in [2.05, 4.69) is 38.1 Å². The number of nitrogen functional groups attached to an aromatic ring is 1. The number of aliphatic hydroxyl groups is 1. The van der Waals surface area contributed by atoms with Crippen LogP contribution in [0.2, 0.25) is 0 Å². The van der Waals surface area contributed by atoms with Crippen molar-refractivity contribution >= 4 is 11.5 Å². The Bertz CT molecular complexity index is 406. The second-order valence-corrected chi connectivity index (χ2v) is 6.15. The summed E-state index contributed by atoms with van der Waals surface area (Å²) in [6.45, 7) is 11.5. The summed E-state index contributed by atoms with van der Waals surface area (Å²) in [5, 5.41) is 17.2. The van der Waals surface area contributed by atoms with Gasteiger partial charge in [0, 0.05) is 19.2 Å². The van der Waals surface area contributed by atoms with E-state index in [1.54, 1.807) is 0 Å². The maximum atomic E-state index is 9.23. The van der Waals surface area contributed by atoms with Gasteiger partial charge in [0.25, 0.3) is 0 Å². The summed E-state index contributed by atoms with van der Waals surface area (Å²) in [6, 6.07) is 0.159. The van der Waals surface area contributed by atoms with Crippen LogP contribution in [-0.2, 0) is 6.54 Å². The van der Waals surface area contributed by atoms with Gasteiger partial charge in [0.15, 0.2) is 0 Å². The molecular weight excluding hydrogens is 240 g/mol. The van der Waals surface area contributed by atoms with Crippen LogP contribution in [0.4, 0.5) is 11.5 Å². The predicted molar refractivity (Wildman–Crippen MR) is 80.2 cm³/mol. The minimum absolute atomic E-state index is 0.0460. The van der Waals surface area contributed by atoms with Gasteiger partial charge in [0.05, 0.1) is 11.4 Å². The third-order valence-electron chi connectivity index (χ3n) is 3.38. The van der Waals surface area contributed by atoms with Gasteiger partial charge in [-0.15, -0.1) is 0 Å². The maximum Gasteiger partial charge on any atom is 0.148 e. The van der Waals surface area contributed by atoms with Gasteiger partial charge in [-0.05, 0) is 25.2 Å². The lowest BCUT2D eigenvalue weighted by molar-refractivity contribution is 0.234. The molecule has 0 saturated carbocycles. The molecule has 0 fully saturated rings. The van der Waals surface area contributed by atoms with Gasteiger partial charge in [-0.3, -0.25) is 0 Å². The Morgan fingerprint density at radius 3 is 2.53 bits per heavy atom. The van der Waals surface area contributed by atoms with E-state index in [0.29, 0.717) is 12.1 Å². The van der Waals surface area contributed by atoms with Gasteiger partial charge in [-0.2, -0.15) is 5.10 Å². The van der Waals surface area contributed by atoms with E-state index in [1.165, 1.54) is 0 Å². The molecule has 0 radical (unpaired) electrons. The molecule has 1 rings (SSSR count). The van der Waals surface area contributed by atoms with Crippen molar-refractivity contribution in [3.05, 3.63) is 5.69 Å². The molecule has 1 aromatic heterocycles. The topological polar surface area (TPSA) is 76.1 Å². The molecule has 0 aromatic carbocycles. The average Bonchev–Trinajstić information content (AvgIpc) is 2.55. The Labute approximate surface area is 116 Å². The molecule has 1 unspecified atom stereocenters. The van der Waals surface area contributed by atoms with Gasteiger partial charge in [-0.1, -0.05) is 27.7 Å². The number of hydrogen-bond donors (Lipinski definition) is 3. The van der Waals surface area contributed by atoms with Gasteiger partial charge < -0.3 is 16.2 Å². The van der Waals surface area contributed by atoms with E-state index in [1.807, 2.05) is 11.6 Å². The first kappa shape index (κ1) is 15.8. The highest BCUT2D eigenvalue weighted by molar-refractivity contribution is 5.65. The molecular formula is C14H28N4O. The number of aryl methyl sites for hydroxylation is 2. The van der Waals surface area contributed by atoms with Gasteiger partial charge in [-0.25, -0.2) is 4.68 Å². The predicted octanol–water partition coefficient (Wildman–Crippen LogP) is 2.39. The van der Waals surface area contributed by atoms with Crippen LogP contribution in [0, 0.1) is 12.3 Å². The molecule has 0 aliphatic heterocycles. The third kappa shape index (κ3) is 3.86. The lowest BCUT2D eigenvalue weighted by Crippen LogP contribution is -2.36. The number of nitrogens with zero attached hydrogens (tertiary/aromatic N) is 2. The van der Waals surface area contributed by atoms with Gasteiger partial charge >= 0.3 is 0 Å². The zero-order valence-corrected chi connectivity index (χ0v) is 12.8. The zero-order valence-electron chi connectivity index (χ0n) is 12.8. The lowest BCUT2D eigenvalue weighted by Gasteiger charge is -2.32. The molecule has 0 bridgehead atoms. The normalized spacial score (nSPS) is 13.6. The van der Waals surface area contributed by atoms with Crippen molar-refractivity contribution in [3.8, 4) is 0 Å². The molecule has 1 atom stereocenters. The number of nitrogens with two attached hydrogens (primary N) is 1. The summed E-state index contributed by atoms with van der Waals surface area (Å²) in [6.07, 6.45) is 1.70. The second-order valence-electron chi connectivity index (χ2n) is 6.15. The van der Waals surface area contributed by atoms with Crippen molar-refractivity contribution in [2.45, 2.75) is 60.0 Å². The first-order chi connectivity index (χ1) is 8.81. The van der Waals surface area contributed by atoms with Crippen molar-refractivity contribution < 1.29 is 5.11 Å². The van der Waals surface area contributed by atoms with Crippen LogP contribution in [0.1, 0.15) is 46.2 Å². The highest BCUT2D eigenvalue weighted by atomic mass is 16.3. The lowest BCUT2D eigenvalue weighted by atomic mass is 9.85. The largest absolute Gasteiger partial charge is 0.396 e. The summed E-state index contributed by atoms with van der Waals surface area (Å²) in [5.41, 5.74) is 7.72. The Morgan fingerprint density at radius 2 is 2.05 bits per heavy atom. The number of hydrogen-bond acceptors (Lipinski definition) is 4. The van der Waals surface area contributed by atoms with Crippen molar-refractivity contribution in [3.63, 3.8) is 0 Å². The van der Waals surface area contributed by atoms with E-state index in [9.17, 15) is 5.11 Å². The summed E-state index contributed by atoms with van der Waals surface area (Å²) in [4.78, 5) is 0. The van der Waals surface area contributed by atoms with Gasteiger partial charge in [0.1, 0.15) is 5.82 Å². The smallest absolute Gasteiger partial charge is 0.148 e. The molecule has 1 heterocycles. The molecule has 1 aromatic rings. The molecule has 0 aliphatic rings. The van der Waals surface area contributed by atoms with E-state index in [4.69, 9.17) is 5.73 Å². The SMILES string of the molecule is CCCn1nc(C)c(N)c1NC(CCO)C(C)(C)C. The summed E-state index contributed by atoms with van der Waals surface area (Å²) >= 11 is 0. The maximum absolute atomic E-state index is 9.23. The molecule has 0 saturated heterocycles. The van der Waals surface area contributed by atoms with Crippen LogP contribution in [0.25, 0.3) is 0 Å². The van der Waals surface area contributed by atoms with Crippen molar-refractivity contribution in [1.29, 1.82) is 0 Å². The summed E-state index contributed by atoms with van der Waals surface area (Å²) in [7, 11) is 0. The van der Waals surface area contributed by atoms with E-state index >= 15 is 0 Å². The minimum Gasteiger partial charge on any atom is -0.396 e. The number of anilines is 2. The average molecular weight is 268 g/mol. The fourth-order valence-corrected chi connectivity index (χ4v) is 2.14. The number of aliphatic hydroxyl groups excluding tert-OH is 1. The Kier molecular flexibility index (Phi) is 5.23. The quantitative estimate of drug-likeness (QED) is 0.740. The Morgan fingerprint density at radius 1 is 1.42 bits per heavy atom. The van der Waals surface area contributed by atoms with E-state index in [-0.39, 0.29) is 18.1 Å². The van der Waals surface area contributed by atoms with Crippen LogP contribution in [-0.4, -0.2) is 27.5 Å². The summed E-state index contributed by atoms with van der Waals surface area (Å²) in [5.74, 6) is 0.882. The highest BCUT2D eigenvalue weighted by Crippen LogP contribution is 2.29. The van der Waals surface area contributed by atoms with Crippen LogP contribution >= 0.6 is 0 Å². The Hall–Kier alpha value is -1.23. The molecule has 19 heavy (non-hydrogen) atoms. The van der Waals surface area contributed by atoms with Crippen molar-refractivity contribution in [1.82, 2.24) is 9.78 Å². The monoisotopic (exact) mass is 268 g/mol. The van der Waals surface area contributed by atoms with Gasteiger partial charge in [0.2, 0.25) is 0 Å². The summed E-state index contributed by atoms with van der Waals surface area (Å²) < 4.78 is 1.93. The number of rotatable bonds is 6. The molecule has 0 amide bonds. The van der Waals surface area contributed by atoms with E-state index in [0.717, 1.165) is 24.5 Å². The highest BCUT2D eigenvalue weighted by Gasteiger charge is 2.26. The number of aromatic nitrogens is 2. The first-order valence-corrected chi connectivity index (χ1v) is 7.01. The fraction of sp³-hybridized carbons (Fsp3) is 0.786. The Balaban J connectivity index is 3.01. The fourth-order valence-electron chi connectivity index (χ4n) is 2.14. The first-order valence-electron chi connectivity index (χ1n) is 7.01. The third-order valence-corrected chi connectivity index (χ3v) is 3.38. The molecule has 5 nitrogen and oxygen atoms in total. The molecule has 110 valence electrons.